The fourth-order valence-corrected chi connectivity index (χ4v) is 2.27. The number of ether oxygens (including phenoxy) is 1. The van der Waals surface area contributed by atoms with Crippen LogP contribution in [0.5, 0.6) is 0 Å². The Kier molecular flexibility index (Phi) is 8.12. The van der Waals surface area contributed by atoms with E-state index < -0.39 is 30.1 Å². The van der Waals surface area contributed by atoms with Crippen molar-refractivity contribution in [3.05, 3.63) is 0 Å². The molecule has 142 valence electrons. The normalized spacial score (nSPS) is 19.8. The fourth-order valence-electron chi connectivity index (χ4n) is 2.27. The van der Waals surface area contributed by atoms with Crippen LogP contribution in [0.4, 0.5) is 0 Å². The third-order valence-corrected chi connectivity index (χ3v) is 3.57. The van der Waals surface area contributed by atoms with Gasteiger partial charge in [0, 0.05) is 6.54 Å². The van der Waals surface area contributed by atoms with Crippen LogP contribution in [-0.2, 0) is 19.1 Å². The van der Waals surface area contributed by atoms with Crippen molar-refractivity contribution in [3.8, 4) is 0 Å². The number of hydrogen-bond acceptors (Lipinski definition) is 4. The van der Waals surface area contributed by atoms with Gasteiger partial charge in [-0.3, -0.25) is 26.0 Å². The molecule has 1 rings (SSSR count). The number of rotatable bonds is 11. The Morgan fingerprint density at radius 3 is 2.40 bits per heavy atom. The number of aliphatic carboxylic acids is 1. The molecule has 1 saturated heterocycles. The van der Waals surface area contributed by atoms with E-state index in [1.165, 1.54) is 0 Å². The summed E-state index contributed by atoms with van der Waals surface area (Å²) >= 11 is 0. The monoisotopic (exact) mass is 358 g/mol. The highest BCUT2D eigenvalue weighted by Gasteiger charge is 2.51. The number of amides is 2. The number of nitrogens with two attached hydrogens (primary N) is 2. The van der Waals surface area contributed by atoms with Crippen LogP contribution in [0.25, 0.3) is 0 Å². The first-order valence-corrected chi connectivity index (χ1v) is 8.30. The molecule has 1 aliphatic heterocycles. The summed E-state index contributed by atoms with van der Waals surface area (Å²) < 4.78 is 4.80. The molecule has 0 aromatic carbocycles. The molecule has 1 heterocycles. The van der Waals surface area contributed by atoms with Crippen molar-refractivity contribution < 1.29 is 29.2 Å². The van der Waals surface area contributed by atoms with E-state index >= 15 is 0 Å². The van der Waals surface area contributed by atoms with Gasteiger partial charge < -0.3 is 20.5 Å². The fraction of sp³-hybridized carbons (Fsp3) is 0.733. The largest absolute Gasteiger partial charge is 0.479 e. The van der Waals surface area contributed by atoms with Gasteiger partial charge in [-0.05, 0) is 25.2 Å². The summed E-state index contributed by atoms with van der Waals surface area (Å²) in [6.45, 7) is 4.92. The van der Waals surface area contributed by atoms with Crippen molar-refractivity contribution >= 4 is 23.7 Å². The van der Waals surface area contributed by atoms with Crippen molar-refractivity contribution in [1.82, 2.24) is 10.6 Å². The van der Waals surface area contributed by atoms with E-state index in [2.05, 4.69) is 15.6 Å². The number of carboxylic acids is 1. The zero-order valence-electron chi connectivity index (χ0n) is 14.6. The topological polar surface area (TPSA) is 174 Å². The molecule has 2 amide bonds. The third kappa shape index (κ3) is 7.84. The van der Waals surface area contributed by atoms with Crippen molar-refractivity contribution in [1.29, 1.82) is 0 Å². The first kappa shape index (κ1) is 20.7. The summed E-state index contributed by atoms with van der Waals surface area (Å²) in [6.07, 6.45) is -0.204. The third-order valence-electron chi connectivity index (χ3n) is 3.57. The smallest absolute Gasteiger partial charge is 0.338 e. The number of carbonyl (C=O) groups is 3. The minimum atomic E-state index is -1.19. The lowest BCUT2D eigenvalue weighted by Gasteiger charge is -2.19. The zero-order chi connectivity index (χ0) is 19.0. The van der Waals surface area contributed by atoms with Crippen LogP contribution >= 0.6 is 0 Å². The van der Waals surface area contributed by atoms with E-state index in [0.29, 0.717) is 19.5 Å². The number of carboxylic acid groups (broad SMARTS) is 1. The summed E-state index contributed by atoms with van der Waals surface area (Å²) in [5.41, 5.74) is 10.5. The molecule has 3 atom stereocenters. The molecule has 0 bridgehead atoms. The lowest BCUT2D eigenvalue weighted by atomic mass is 10.0. The van der Waals surface area contributed by atoms with Crippen molar-refractivity contribution in [2.75, 3.05) is 13.1 Å². The average molecular weight is 358 g/mol. The number of hydrogen-bond donors (Lipinski definition) is 6. The molecule has 0 radical (unpaired) electrons. The summed E-state index contributed by atoms with van der Waals surface area (Å²) in [5, 5.41) is 14.1. The Hall–Kier alpha value is -2.36. The van der Waals surface area contributed by atoms with Crippen LogP contribution in [0.2, 0.25) is 0 Å². The lowest BCUT2D eigenvalue weighted by Crippen LogP contribution is -2.78. The van der Waals surface area contributed by atoms with Crippen molar-refractivity contribution in [3.63, 3.8) is 0 Å². The van der Waals surface area contributed by atoms with E-state index in [1.54, 1.807) is 0 Å². The number of carbonyl (C=O) groups excluding carboxylic acids is 2. The van der Waals surface area contributed by atoms with Gasteiger partial charge in [-0.2, -0.15) is 0 Å². The Bertz CT molecular complexity index is 518. The van der Waals surface area contributed by atoms with Crippen LogP contribution in [0, 0.1) is 5.92 Å². The van der Waals surface area contributed by atoms with Gasteiger partial charge in [-0.1, -0.05) is 13.8 Å². The first-order valence-electron chi connectivity index (χ1n) is 8.30. The molecular formula is C15H28N5O5+. The Morgan fingerprint density at radius 1 is 1.20 bits per heavy atom. The van der Waals surface area contributed by atoms with Gasteiger partial charge in [0.2, 0.25) is 5.91 Å². The van der Waals surface area contributed by atoms with E-state index in [9.17, 15) is 14.4 Å². The molecule has 0 spiro atoms. The predicted octanol–water partition coefficient (Wildman–Crippen LogP) is -3.38. The second kappa shape index (κ2) is 9.82. The van der Waals surface area contributed by atoms with Crippen LogP contribution in [0.15, 0.2) is 0 Å². The highest BCUT2D eigenvalue weighted by atomic mass is 16.6. The molecule has 10 heteroatoms. The van der Waals surface area contributed by atoms with Gasteiger partial charge in [0.1, 0.15) is 6.04 Å². The van der Waals surface area contributed by atoms with Crippen molar-refractivity contribution in [2.24, 2.45) is 17.4 Å². The van der Waals surface area contributed by atoms with Gasteiger partial charge >= 0.3 is 11.9 Å². The van der Waals surface area contributed by atoms with Crippen molar-refractivity contribution in [2.45, 2.75) is 51.4 Å². The van der Waals surface area contributed by atoms with Crippen LogP contribution in [0.3, 0.4) is 0 Å². The number of unbranched alkanes of at least 4 members (excludes halogenated alkanes) is 1. The second-order valence-corrected chi connectivity index (χ2v) is 6.39. The van der Waals surface area contributed by atoms with E-state index in [-0.39, 0.29) is 17.8 Å². The zero-order valence-corrected chi connectivity index (χ0v) is 14.6. The van der Waals surface area contributed by atoms with Gasteiger partial charge in [0.15, 0.2) is 12.2 Å². The minimum absolute atomic E-state index is 0.158. The highest BCUT2D eigenvalue weighted by molar-refractivity contribution is 5.95. The van der Waals surface area contributed by atoms with Crippen LogP contribution in [0.1, 0.15) is 33.1 Å². The molecular weight excluding hydrogens is 330 g/mol. The molecule has 0 aliphatic carbocycles. The van der Waals surface area contributed by atoms with E-state index in [1.807, 2.05) is 13.8 Å². The van der Waals surface area contributed by atoms with E-state index in [4.69, 9.17) is 21.3 Å². The lowest BCUT2D eigenvalue weighted by molar-refractivity contribution is -0.459. The number of guanidine groups is 1. The molecule has 0 unspecified atom stereocenters. The van der Waals surface area contributed by atoms with Gasteiger partial charge in [-0.15, -0.1) is 0 Å². The SMILES string of the molecule is CC(C)C[C@H](NC(=O)[C@@H]1O[C@H]1C(=O)O)C(=O)NCCCC[NH+]=C(N)N. The summed E-state index contributed by atoms with van der Waals surface area (Å²) in [4.78, 5) is 37.8. The molecule has 8 N–H and O–H groups in total. The maximum Gasteiger partial charge on any atom is 0.338 e. The predicted molar refractivity (Wildman–Crippen MR) is 89.1 cm³/mol. The number of epoxide rings is 1. The summed E-state index contributed by atoms with van der Waals surface area (Å²) in [5.74, 6) is -1.72. The van der Waals surface area contributed by atoms with Crippen LogP contribution < -0.4 is 27.1 Å². The molecule has 0 saturated carbocycles. The molecule has 1 fully saturated rings. The second-order valence-electron chi connectivity index (χ2n) is 6.39. The summed E-state index contributed by atoms with van der Waals surface area (Å²) in [7, 11) is 0. The average Bonchev–Trinajstić information content (AvgIpc) is 3.29. The molecule has 1 aliphatic rings. The highest BCUT2D eigenvalue weighted by Crippen LogP contribution is 2.22. The quantitative estimate of drug-likeness (QED) is 0.0966. The number of nitrogens with one attached hydrogen (secondary N) is 3. The Balaban J connectivity index is 2.40. The Morgan fingerprint density at radius 2 is 1.88 bits per heavy atom. The molecule has 10 nitrogen and oxygen atoms in total. The van der Waals surface area contributed by atoms with Gasteiger partial charge in [-0.25, -0.2) is 4.79 Å². The first-order chi connectivity index (χ1) is 11.7. The Labute approximate surface area is 146 Å². The van der Waals surface area contributed by atoms with Crippen LogP contribution in [-0.4, -0.2) is 60.2 Å². The van der Waals surface area contributed by atoms with E-state index in [0.717, 1.165) is 12.8 Å². The summed E-state index contributed by atoms with van der Waals surface area (Å²) in [6, 6.07) is -0.725. The van der Waals surface area contributed by atoms with Gasteiger partial charge in [0.25, 0.3) is 5.91 Å². The maximum absolute atomic E-state index is 12.3. The van der Waals surface area contributed by atoms with Gasteiger partial charge in [0.05, 0.1) is 6.54 Å². The molecule has 25 heavy (non-hydrogen) atoms. The maximum atomic E-state index is 12.3. The standard InChI is InChI=1S/C15H27N5O5/c1-8(2)7-9(20-13(22)10-11(25-10)14(23)24)12(21)18-5-3-4-6-19-15(16)17/h8-11H,3-7H2,1-2H3,(H,18,21)(H,20,22)(H,23,24)(H4,16,17,19)/p+1/t9-,10+,11+/m0/s1. The molecule has 0 aromatic heterocycles. The minimum Gasteiger partial charge on any atom is -0.479 e. The molecule has 0 aromatic rings.